The minimum absolute atomic E-state index is 0.258. The van der Waals surface area contributed by atoms with E-state index in [4.69, 9.17) is 5.11 Å². The van der Waals surface area contributed by atoms with Gasteiger partial charge in [0.1, 0.15) is 0 Å². The van der Waals surface area contributed by atoms with Gasteiger partial charge in [-0.3, -0.25) is 9.78 Å². The maximum Gasteiger partial charge on any atom is 0.328 e. The Morgan fingerprint density at radius 2 is 2.05 bits per heavy atom. The number of pyridine rings is 1. The molecule has 1 aromatic carbocycles. The number of carbonyl (C=O) groups is 2. The smallest absolute Gasteiger partial charge is 0.328 e. The first kappa shape index (κ1) is 14.5. The van der Waals surface area contributed by atoms with Gasteiger partial charge in [0.2, 0.25) is 0 Å². The number of anilines is 1. The first-order chi connectivity index (χ1) is 10.0. The van der Waals surface area contributed by atoms with Gasteiger partial charge in [0, 0.05) is 29.2 Å². The van der Waals surface area contributed by atoms with Crippen LogP contribution in [0.3, 0.4) is 0 Å². The molecule has 2 aromatic rings. The zero-order valence-corrected chi connectivity index (χ0v) is 11.4. The van der Waals surface area contributed by atoms with Crippen LogP contribution < -0.4 is 5.32 Å². The van der Waals surface area contributed by atoms with E-state index in [-0.39, 0.29) is 5.91 Å². The van der Waals surface area contributed by atoms with Gasteiger partial charge in [-0.15, -0.1) is 0 Å². The summed E-state index contributed by atoms with van der Waals surface area (Å²) < 4.78 is 0. The summed E-state index contributed by atoms with van der Waals surface area (Å²) in [7, 11) is 0. The Kier molecular flexibility index (Phi) is 4.46. The summed E-state index contributed by atoms with van der Waals surface area (Å²) in [5, 5.41) is 11.4. The first-order valence-corrected chi connectivity index (χ1v) is 6.30. The Bertz CT molecular complexity index is 708. The molecule has 0 fully saturated rings. The molecule has 1 aromatic heterocycles. The van der Waals surface area contributed by atoms with Gasteiger partial charge >= 0.3 is 5.97 Å². The lowest BCUT2D eigenvalue weighted by molar-refractivity contribution is -0.131. The Labute approximate surface area is 122 Å². The number of aryl methyl sites for hydroxylation is 1. The lowest BCUT2D eigenvalue weighted by atomic mass is 10.1. The highest BCUT2D eigenvalue weighted by molar-refractivity contribution is 6.04. The van der Waals surface area contributed by atoms with Gasteiger partial charge in [-0.05, 0) is 42.8 Å². The predicted molar refractivity (Wildman–Crippen MR) is 80.0 cm³/mol. The maximum absolute atomic E-state index is 12.1. The molecule has 1 amide bonds. The topological polar surface area (TPSA) is 79.3 Å². The molecular formula is C16H14N2O3. The monoisotopic (exact) mass is 282 g/mol. The highest BCUT2D eigenvalue weighted by atomic mass is 16.4. The van der Waals surface area contributed by atoms with Gasteiger partial charge in [-0.2, -0.15) is 0 Å². The third-order valence-corrected chi connectivity index (χ3v) is 2.72. The zero-order chi connectivity index (χ0) is 15.2. The predicted octanol–water partition coefficient (Wildman–Crippen LogP) is 2.74. The molecule has 0 radical (unpaired) electrons. The number of carboxylic acids is 1. The molecule has 2 rings (SSSR count). The van der Waals surface area contributed by atoms with Crippen LogP contribution in [0, 0.1) is 6.92 Å². The summed E-state index contributed by atoms with van der Waals surface area (Å²) in [5.74, 6) is -1.29. The Balaban J connectivity index is 2.16. The summed E-state index contributed by atoms with van der Waals surface area (Å²) in [6.45, 7) is 1.84. The number of amides is 1. The normalized spacial score (nSPS) is 10.5. The van der Waals surface area contributed by atoms with Crippen molar-refractivity contribution in [3.8, 4) is 0 Å². The second-order valence-electron chi connectivity index (χ2n) is 4.44. The Morgan fingerprint density at radius 1 is 1.24 bits per heavy atom. The van der Waals surface area contributed by atoms with E-state index in [0.29, 0.717) is 16.8 Å². The van der Waals surface area contributed by atoms with Gasteiger partial charge in [0.25, 0.3) is 5.91 Å². The van der Waals surface area contributed by atoms with E-state index in [0.717, 1.165) is 11.8 Å². The van der Waals surface area contributed by atoms with E-state index in [1.54, 1.807) is 42.6 Å². The molecule has 0 unspecified atom stereocenters. The van der Waals surface area contributed by atoms with Crippen molar-refractivity contribution in [1.82, 2.24) is 4.98 Å². The van der Waals surface area contributed by atoms with Crippen molar-refractivity contribution in [3.63, 3.8) is 0 Å². The number of carboxylic acid groups (broad SMARTS) is 1. The average molecular weight is 282 g/mol. The molecule has 1 heterocycles. The Hall–Kier alpha value is -2.95. The number of aromatic nitrogens is 1. The van der Waals surface area contributed by atoms with Crippen molar-refractivity contribution in [1.29, 1.82) is 0 Å². The van der Waals surface area contributed by atoms with E-state index in [9.17, 15) is 9.59 Å². The minimum Gasteiger partial charge on any atom is -0.478 e. The number of nitrogens with zero attached hydrogens (tertiary/aromatic N) is 1. The molecule has 21 heavy (non-hydrogen) atoms. The van der Waals surface area contributed by atoms with Crippen LogP contribution in [0.1, 0.15) is 21.6 Å². The second-order valence-corrected chi connectivity index (χ2v) is 4.44. The molecule has 2 N–H and O–H groups in total. The fraction of sp³-hybridized carbons (Fsp3) is 0.0625. The van der Waals surface area contributed by atoms with E-state index >= 15 is 0 Å². The fourth-order valence-electron chi connectivity index (χ4n) is 1.78. The lowest BCUT2D eigenvalue weighted by Crippen LogP contribution is -2.12. The summed E-state index contributed by atoms with van der Waals surface area (Å²) in [5.41, 5.74) is 2.58. The van der Waals surface area contributed by atoms with Crippen LogP contribution in [0.5, 0.6) is 0 Å². The Morgan fingerprint density at radius 3 is 2.76 bits per heavy atom. The molecule has 0 saturated heterocycles. The standard InChI is InChI=1S/C16H14N2O3/c1-11-9-14(7-8-17-11)18-16(21)13-4-2-3-12(10-13)5-6-15(19)20/h2-10H,1H3,(H,19,20)(H,17,18,21). The van der Waals surface area contributed by atoms with Crippen molar-refractivity contribution in [2.75, 3.05) is 5.32 Å². The highest BCUT2D eigenvalue weighted by Crippen LogP contribution is 2.12. The van der Waals surface area contributed by atoms with Gasteiger partial charge in [0.15, 0.2) is 0 Å². The number of aliphatic carboxylic acids is 1. The van der Waals surface area contributed by atoms with Gasteiger partial charge in [-0.1, -0.05) is 12.1 Å². The first-order valence-electron chi connectivity index (χ1n) is 6.30. The third-order valence-electron chi connectivity index (χ3n) is 2.72. The van der Waals surface area contributed by atoms with Crippen molar-refractivity contribution < 1.29 is 14.7 Å². The van der Waals surface area contributed by atoms with Crippen molar-refractivity contribution in [2.45, 2.75) is 6.92 Å². The van der Waals surface area contributed by atoms with Crippen molar-refractivity contribution >= 4 is 23.6 Å². The molecule has 0 saturated carbocycles. The van der Waals surface area contributed by atoms with E-state index in [1.165, 1.54) is 6.08 Å². The largest absolute Gasteiger partial charge is 0.478 e. The van der Waals surface area contributed by atoms with Crippen LogP contribution in [0.2, 0.25) is 0 Å². The number of hydrogen-bond acceptors (Lipinski definition) is 3. The van der Waals surface area contributed by atoms with Crippen LogP contribution in [-0.2, 0) is 4.79 Å². The summed E-state index contributed by atoms with van der Waals surface area (Å²) in [4.78, 5) is 26.7. The number of rotatable bonds is 4. The summed E-state index contributed by atoms with van der Waals surface area (Å²) in [6, 6.07) is 10.2. The molecule has 0 aliphatic carbocycles. The van der Waals surface area contributed by atoms with Gasteiger partial charge in [-0.25, -0.2) is 4.79 Å². The van der Waals surface area contributed by atoms with Gasteiger partial charge in [0.05, 0.1) is 0 Å². The fourth-order valence-corrected chi connectivity index (χ4v) is 1.78. The average Bonchev–Trinajstić information content (AvgIpc) is 2.45. The maximum atomic E-state index is 12.1. The molecule has 106 valence electrons. The lowest BCUT2D eigenvalue weighted by Gasteiger charge is -2.06. The molecule has 0 spiro atoms. The molecule has 0 atom stereocenters. The van der Waals surface area contributed by atoms with Crippen LogP contribution in [-0.4, -0.2) is 22.0 Å². The second kappa shape index (κ2) is 6.47. The van der Waals surface area contributed by atoms with Crippen molar-refractivity contribution in [2.24, 2.45) is 0 Å². The quantitative estimate of drug-likeness (QED) is 0.845. The van der Waals surface area contributed by atoms with E-state index in [2.05, 4.69) is 10.3 Å². The molecule has 0 bridgehead atoms. The van der Waals surface area contributed by atoms with Crippen LogP contribution in [0.15, 0.2) is 48.7 Å². The van der Waals surface area contributed by atoms with E-state index in [1.807, 2.05) is 6.92 Å². The summed E-state index contributed by atoms with van der Waals surface area (Å²) >= 11 is 0. The zero-order valence-electron chi connectivity index (χ0n) is 11.4. The van der Waals surface area contributed by atoms with Crippen LogP contribution >= 0.6 is 0 Å². The molecular weight excluding hydrogens is 268 g/mol. The molecule has 0 aliphatic heterocycles. The number of nitrogens with one attached hydrogen (secondary N) is 1. The number of carbonyl (C=O) groups excluding carboxylic acids is 1. The van der Waals surface area contributed by atoms with E-state index < -0.39 is 5.97 Å². The highest BCUT2D eigenvalue weighted by Gasteiger charge is 2.06. The minimum atomic E-state index is -1.03. The van der Waals surface area contributed by atoms with Crippen LogP contribution in [0.25, 0.3) is 6.08 Å². The number of hydrogen-bond donors (Lipinski definition) is 2. The molecule has 0 aliphatic rings. The summed E-state index contributed by atoms with van der Waals surface area (Å²) in [6.07, 6.45) is 4.09. The third kappa shape index (κ3) is 4.28. The van der Waals surface area contributed by atoms with Crippen LogP contribution in [0.4, 0.5) is 5.69 Å². The van der Waals surface area contributed by atoms with Crippen molar-refractivity contribution in [3.05, 3.63) is 65.5 Å². The molecule has 5 nitrogen and oxygen atoms in total. The SMILES string of the molecule is Cc1cc(NC(=O)c2cccc(C=CC(=O)O)c2)ccn1. The van der Waals surface area contributed by atoms with Gasteiger partial charge < -0.3 is 10.4 Å². The molecule has 5 heteroatoms. The number of benzene rings is 1.